The molecule has 2 aromatic heterocycles. The summed E-state index contributed by atoms with van der Waals surface area (Å²) >= 11 is 0. The number of oxazole rings is 1. The maximum absolute atomic E-state index is 14.6. The van der Waals surface area contributed by atoms with Crippen molar-refractivity contribution in [2.75, 3.05) is 27.3 Å². The summed E-state index contributed by atoms with van der Waals surface area (Å²) in [5.74, 6) is -0.898. The van der Waals surface area contributed by atoms with Gasteiger partial charge in [0, 0.05) is 41.0 Å². The Labute approximate surface area is 278 Å². The number of carbonyl (C=O) groups is 1. The number of hydrogen-bond donors (Lipinski definition) is 2. The first-order chi connectivity index (χ1) is 23.1. The number of nitrogens with two attached hydrogens (primary N) is 2. The Balaban J connectivity index is 0.000000229. The van der Waals surface area contributed by atoms with Crippen molar-refractivity contribution in [3.8, 4) is 22.8 Å². The predicted molar refractivity (Wildman–Crippen MR) is 180 cm³/mol. The van der Waals surface area contributed by atoms with Crippen molar-refractivity contribution < 1.29 is 31.9 Å². The van der Waals surface area contributed by atoms with Crippen LogP contribution >= 0.6 is 0 Å². The lowest BCUT2D eigenvalue weighted by molar-refractivity contribution is -0.0980. The average Bonchev–Trinajstić information content (AvgIpc) is 3.79. The first-order valence-electron chi connectivity index (χ1n) is 15.5. The third-order valence-electron chi connectivity index (χ3n) is 8.13. The third kappa shape index (κ3) is 7.53. The van der Waals surface area contributed by atoms with Gasteiger partial charge >= 0.3 is 0 Å². The van der Waals surface area contributed by atoms with E-state index >= 15 is 0 Å². The quantitative estimate of drug-likeness (QED) is 0.181. The zero-order valence-electron chi connectivity index (χ0n) is 27.8. The van der Waals surface area contributed by atoms with Gasteiger partial charge in [-0.1, -0.05) is 44.2 Å². The third-order valence-corrected chi connectivity index (χ3v) is 8.13. The topological polar surface area (TPSA) is 126 Å². The molecule has 1 aliphatic heterocycles. The number of fused-ring (bicyclic) bond motifs is 2. The molecular formula is C37H41F3N4O4. The molecule has 0 amide bonds. The minimum absolute atomic E-state index is 0.136. The Morgan fingerprint density at radius 1 is 0.979 bits per heavy atom. The summed E-state index contributed by atoms with van der Waals surface area (Å²) in [6, 6.07) is 16.9. The number of aromatic nitrogens is 2. The van der Waals surface area contributed by atoms with Crippen LogP contribution in [-0.4, -0.2) is 44.1 Å². The van der Waals surface area contributed by atoms with Crippen molar-refractivity contribution in [3.63, 3.8) is 0 Å². The van der Waals surface area contributed by atoms with Crippen LogP contribution in [0.5, 0.6) is 11.5 Å². The summed E-state index contributed by atoms with van der Waals surface area (Å²) in [4.78, 5) is 17.1. The van der Waals surface area contributed by atoms with Gasteiger partial charge in [0.25, 0.3) is 0 Å². The summed E-state index contributed by atoms with van der Waals surface area (Å²) in [7, 11) is 3.17. The molecule has 1 atom stereocenters. The van der Waals surface area contributed by atoms with Crippen LogP contribution < -0.4 is 20.9 Å². The van der Waals surface area contributed by atoms with Gasteiger partial charge in [-0.25, -0.2) is 23.1 Å². The molecule has 1 fully saturated rings. The highest BCUT2D eigenvalue weighted by atomic mass is 19.2. The van der Waals surface area contributed by atoms with E-state index in [1.165, 1.54) is 19.9 Å². The minimum atomic E-state index is -1.25. The van der Waals surface area contributed by atoms with Gasteiger partial charge in [0.15, 0.2) is 28.6 Å². The van der Waals surface area contributed by atoms with Gasteiger partial charge in [-0.2, -0.15) is 0 Å². The molecule has 7 rings (SSSR count). The molecule has 1 aliphatic carbocycles. The lowest BCUT2D eigenvalue weighted by Gasteiger charge is -2.21. The molecule has 4 N–H and O–H groups in total. The summed E-state index contributed by atoms with van der Waals surface area (Å²) in [6.45, 7) is 8.71. The molecule has 3 heterocycles. The molecule has 0 saturated heterocycles. The van der Waals surface area contributed by atoms with Crippen molar-refractivity contribution in [2.45, 2.75) is 50.9 Å². The van der Waals surface area contributed by atoms with Gasteiger partial charge in [0.1, 0.15) is 29.8 Å². The monoisotopic (exact) mass is 662 g/mol. The van der Waals surface area contributed by atoms with Crippen molar-refractivity contribution in [1.82, 2.24) is 9.97 Å². The Hall–Kier alpha value is -4.74. The van der Waals surface area contributed by atoms with Crippen LogP contribution in [0.2, 0.25) is 0 Å². The summed E-state index contributed by atoms with van der Waals surface area (Å²) in [5.41, 5.74) is 15.5. The Bertz CT molecular complexity index is 1860. The molecule has 5 aromatic rings. The highest BCUT2D eigenvalue weighted by Crippen LogP contribution is 2.46. The number of ether oxygens (including phenoxy) is 2. The fourth-order valence-electron chi connectivity index (χ4n) is 5.52. The molecule has 1 saturated carbocycles. The SMILES string of the molecule is C=O.CC1(C)COc2c1cc(C(CN)c1ccccc1)nc2-c1cc(F)c(F)cc1F.CN.COc1cc(C)cc2oc(C3CC3)nc12. The van der Waals surface area contributed by atoms with Crippen molar-refractivity contribution in [2.24, 2.45) is 11.5 Å². The second-order valence-electron chi connectivity index (χ2n) is 12.0. The molecule has 0 bridgehead atoms. The highest BCUT2D eigenvalue weighted by Gasteiger charge is 2.37. The van der Waals surface area contributed by atoms with E-state index in [1.807, 2.05) is 76.1 Å². The van der Waals surface area contributed by atoms with Crippen LogP contribution in [0.4, 0.5) is 13.2 Å². The molecule has 11 heteroatoms. The van der Waals surface area contributed by atoms with E-state index in [9.17, 15) is 13.2 Å². The molecule has 3 aromatic carbocycles. The van der Waals surface area contributed by atoms with Gasteiger partial charge in [-0.05, 0) is 62.2 Å². The van der Waals surface area contributed by atoms with E-state index in [2.05, 4.69) is 15.7 Å². The van der Waals surface area contributed by atoms with Crippen LogP contribution in [0.15, 0.2) is 65.1 Å². The first kappa shape index (κ1) is 36.1. The first-order valence-corrected chi connectivity index (χ1v) is 15.5. The lowest BCUT2D eigenvalue weighted by Crippen LogP contribution is -2.20. The van der Waals surface area contributed by atoms with Gasteiger partial charge < -0.3 is 30.2 Å². The lowest BCUT2D eigenvalue weighted by atomic mass is 9.84. The fraction of sp³-hybridized carbons (Fsp3) is 0.324. The van der Waals surface area contributed by atoms with Gasteiger partial charge in [-0.15, -0.1) is 0 Å². The van der Waals surface area contributed by atoms with E-state index in [1.54, 1.807) is 7.11 Å². The predicted octanol–water partition coefficient (Wildman–Crippen LogP) is 7.34. The van der Waals surface area contributed by atoms with Crippen LogP contribution in [-0.2, 0) is 10.2 Å². The van der Waals surface area contributed by atoms with Crippen LogP contribution in [0.25, 0.3) is 22.4 Å². The molecule has 254 valence electrons. The van der Waals surface area contributed by atoms with Crippen molar-refractivity contribution in [1.29, 1.82) is 0 Å². The van der Waals surface area contributed by atoms with E-state index in [-0.39, 0.29) is 29.1 Å². The summed E-state index contributed by atoms with van der Waals surface area (Å²) in [5, 5.41) is 0. The summed E-state index contributed by atoms with van der Waals surface area (Å²) < 4.78 is 58.8. The van der Waals surface area contributed by atoms with Crippen LogP contribution in [0.1, 0.15) is 66.8 Å². The average molecular weight is 663 g/mol. The second-order valence-corrected chi connectivity index (χ2v) is 12.0. The van der Waals surface area contributed by atoms with Crippen molar-refractivity contribution >= 4 is 17.9 Å². The normalized spacial score (nSPS) is 14.6. The molecule has 0 spiro atoms. The standard InChI is InChI=1S/C23H21F3N2O.C12H13NO2.CH5N.CH2O/c1-23(2)12-29-22-16(23)9-20(15(11-27)13-6-4-3-5-7-13)28-21(22)14-8-18(25)19(26)10-17(14)24;1-7-5-9(14-2)11-10(6-7)15-12(13-11)8-3-4-8;2*1-2/h3-10,15H,11-12,27H2,1-2H3;5-6,8H,3-4H2,1-2H3;2H2,1H3;1H2. The maximum Gasteiger partial charge on any atom is 0.198 e. The Morgan fingerprint density at radius 3 is 2.27 bits per heavy atom. The van der Waals surface area contributed by atoms with Crippen LogP contribution in [0, 0.1) is 24.4 Å². The van der Waals surface area contributed by atoms with Crippen LogP contribution in [0.3, 0.4) is 0 Å². The number of rotatable bonds is 6. The van der Waals surface area contributed by atoms with Gasteiger partial charge in [0.05, 0.1) is 19.4 Å². The fourth-order valence-corrected chi connectivity index (χ4v) is 5.52. The molecule has 48 heavy (non-hydrogen) atoms. The van der Waals surface area contributed by atoms with E-state index in [4.69, 9.17) is 24.4 Å². The highest BCUT2D eigenvalue weighted by molar-refractivity contribution is 5.81. The minimum Gasteiger partial charge on any atom is -0.494 e. The number of nitrogens with zero attached hydrogens (tertiary/aromatic N) is 2. The maximum atomic E-state index is 14.6. The zero-order valence-corrected chi connectivity index (χ0v) is 27.8. The molecule has 1 unspecified atom stereocenters. The zero-order chi connectivity index (χ0) is 35.2. The number of hydrogen-bond acceptors (Lipinski definition) is 8. The van der Waals surface area contributed by atoms with Gasteiger partial charge in [-0.3, -0.25) is 0 Å². The Morgan fingerprint density at radius 2 is 1.65 bits per heavy atom. The molecule has 2 aliphatic rings. The number of pyridine rings is 1. The van der Waals surface area contributed by atoms with E-state index in [0.29, 0.717) is 30.0 Å². The number of aryl methyl sites for hydroxylation is 1. The second kappa shape index (κ2) is 15.4. The summed E-state index contributed by atoms with van der Waals surface area (Å²) in [6.07, 6.45) is 2.40. The largest absolute Gasteiger partial charge is 0.494 e. The molecular weight excluding hydrogens is 621 g/mol. The number of carbonyl (C=O) groups excluding carboxylic acids is 1. The smallest absolute Gasteiger partial charge is 0.198 e. The van der Waals surface area contributed by atoms with E-state index in [0.717, 1.165) is 45.5 Å². The van der Waals surface area contributed by atoms with Crippen molar-refractivity contribution in [3.05, 3.63) is 106 Å². The van der Waals surface area contributed by atoms with Gasteiger partial charge in [0.2, 0.25) is 0 Å². The number of methoxy groups -OCH3 is 1. The Kier molecular flexibility index (Phi) is 11.6. The molecule has 0 radical (unpaired) electrons. The number of halogens is 3. The molecule has 8 nitrogen and oxygen atoms in total. The van der Waals surface area contributed by atoms with E-state index < -0.39 is 17.5 Å². The number of benzene rings is 3.